The smallest absolute Gasteiger partial charge is 0.193 e. The molecular formula is C18H35N3O3S. The second-order valence-electron chi connectivity index (χ2n) is 7.66. The third kappa shape index (κ3) is 7.13. The minimum absolute atomic E-state index is 0.0797. The minimum Gasteiger partial charge on any atom is -0.379 e. The van der Waals surface area contributed by atoms with E-state index in [-0.39, 0.29) is 12.4 Å². The van der Waals surface area contributed by atoms with Crippen molar-refractivity contribution in [2.45, 2.75) is 51.4 Å². The van der Waals surface area contributed by atoms with E-state index in [4.69, 9.17) is 4.74 Å². The van der Waals surface area contributed by atoms with Crippen LogP contribution >= 0.6 is 0 Å². The number of sulfone groups is 1. The van der Waals surface area contributed by atoms with E-state index in [9.17, 15) is 8.42 Å². The topological polar surface area (TPSA) is 71.0 Å². The van der Waals surface area contributed by atoms with Crippen LogP contribution in [0.15, 0.2) is 4.99 Å². The van der Waals surface area contributed by atoms with Gasteiger partial charge in [-0.2, -0.15) is 0 Å². The highest BCUT2D eigenvalue weighted by Crippen LogP contribution is 2.42. The molecule has 0 unspecified atom stereocenters. The first-order valence-electron chi connectivity index (χ1n) is 9.65. The zero-order valence-electron chi connectivity index (χ0n) is 15.9. The minimum atomic E-state index is -2.95. The van der Waals surface area contributed by atoms with E-state index in [1.165, 1.54) is 57.6 Å². The van der Waals surface area contributed by atoms with Crippen molar-refractivity contribution in [2.75, 3.05) is 51.9 Å². The van der Waals surface area contributed by atoms with Gasteiger partial charge in [-0.25, -0.2) is 8.42 Å². The molecular weight excluding hydrogens is 338 g/mol. The zero-order valence-corrected chi connectivity index (χ0v) is 16.7. The number of ether oxygens (including phenoxy) is 1. The van der Waals surface area contributed by atoms with E-state index in [0.717, 1.165) is 19.0 Å². The number of hydrogen-bond acceptors (Lipinski definition) is 4. The summed E-state index contributed by atoms with van der Waals surface area (Å²) in [6.45, 7) is 3.58. The Bertz CT molecular complexity index is 526. The summed E-state index contributed by atoms with van der Waals surface area (Å²) in [4.78, 5) is 6.86. The maximum Gasteiger partial charge on any atom is 0.193 e. The first-order chi connectivity index (χ1) is 11.9. The van der Waals surface area contributed by atoms with Gasteiger partial charge in [0.05, 0.1) is 19.0 Å². The second-order valence-corrected chi connectivity index (χ2v) is 9.92. The third-order valence-corrected chi connectivity index (χ3v) is 6.37. The van der Waals surface area contributed by atoms with Gasteiger partial charge in [0.25, 0.3) is 0 Å². The van der Waals surface area contributed by atoms with Crippen LogP contribution in [0.2, 0.25) is 0 Å². The first-order valence-corrected chi connectivity index (χ1v) is 11.7. The lowest BCUT2D eigenvalue weighted by molar-refractivity contribution is 0.114. The summed E-state index contributed by atoms with van der Waals surface area (Å²) in [5, 5.41) is 3.38. The Labute approximate surface area is 153 Å². The van der Waals surface area contributed by atoms with Gasteiger partial charge in [-0.1, -0.05) is 25.7 Å². The van der Waals surface area contributed by atoms with Gasteiger partial charge in [-0.15, -0.1) is 0 Å². The molecule has 2 fully saturated rings. The molecule has 25 heavy (non-hydrogen) atoms. The van der Waals surface area contributed by atoms with Gasteiger partial charge in [0.15, 0.2) is 5.96 Å². The number of rotatable bonds is 6. The highest BCUT2D eigenvalue weighted by molar-refractivity contribution is 7.90. The molecule has 0 aromatic rings. The maximum absolute atomic E-state index is 11.1. The number of likely N-dealkylation sites (tertiary alicyclic amines) is 1. The fourth-order valence-corrected chi connectivity index (χ4v) is 4.58. The fourth-order valence-electron chi connectivity index (χ4n) is 4.16. The second kappa shape index (κ2) is 9.76. The van der Waals surface area contributed by atoms with Crippen LogP contribution in [-0.4, -0.2) is 71.2 Å². The molecule has 0 bridgehead atoms. The summed E-state index contributed by atoms with van der Waals surface area (Å²) in [5.41, 5.74) is 0.484. The molecule has 2 aliphatic rings. The van der Waals surface area contributed by atoms with Gasteiger partial charge >= 0.3 is 0 Å². The fraction of sp³-hybridized carbons (Fsp3) is 0.944. The summed E-state index contributed by atoms with van der Waals surface area (Å²) in [5.74, 6) is 1.03. The van der Waals surface area contributed by atoms with Crippen molar-refractivity contribution in [3.8, 4) is 0 Å². The number of hydrogen-bond donors (Lipinski definition) is 1. The van der Waals surface area contributed by atoms with Crippen LogP contribution in [0.4, 0.5) is 0 Å². The Morgan fingerprint density at radius 3 is 2.44 bits per heavy atom. The molecule has 1 heterocycles. The largest absolute Gasteiger partial charge is 0.379 e. The van der Waals surface area contributed by atoms with E-state index >= 15 is 0 Å². The van der Waals surface area contributed by atoms with Gasteiger partial charge in [0.2, 0.25) is 0 Å². The van der Waals surface area contributed by atoms with E-state index < -0.39 is 9.84 Å². The van der Waals surface area contributed by atoms with Gasteiger partial charge in [0, 0.05) is 32.9 Å². The van der Waals surface area contributed by atoms with E-state index in [0.29, 0.717) is 18.6 Å². The Kier molecular flexibility index (Phi) is 8.00. The lowest BCUT2D eigenvalue weighted by Crippen LogP contribution is -2.51. The third-order valence-electron chi connectivity index (χ3n) is 5.46. The van der Waals surface area contributed by atoms with Crippen LogP contribution in [0.5, 0.6) is 0 Å². The van der Waals surface area contributed by atoms with Crippen molar-refractivity contribution in [1.82, 2.24) is 10.2 Å². The van der Waals surface area contributed by atoms with Crippen LogP contribution in [0.25, 0.3) is 0 Å². The summed E-state index contributed by atoms with van der Waals surface area (Å²) >= 11 is 0. The molecule has 146 valence electrons. The van der Waals surface area contributed by atoms with Crippen LogP contribution in [0.3, 0.4) is 0 Å². The standard InChI is InChI=1S/C18H35N3O3S/c1-19-17(20-11-13-24-14-15-25(2,22)23)21-12-7-10-18(16-21)8-5-3-4-6-9-18/h3-16H2,1-2H3,(H,19,20). The molecule has 2 rings (SSSR count). The van der Waals surface area contributed by atoms with Crippen molar-refractivity contribution in [2.24, 2.45) is 10.4 Å². The quantitative estimate of drug-likeness (QED) is 0.438. The summed E-state index contributed by atoms with van der Waals surface area (Å²) in [6, 6.07) is 0. The molecule has 0 aromatic carbocycles. The Morgan fingerprint density at radius 1 is 1.12 bits per heavy atom. The lowest BCUT2D eigenvalue weighted by Gasteiger charge is -2.44. The Balaban J connectivity index is 1.76. The monoisotopic (exact) mass is 373 g/mol. The number of aliphatic imine (C=N–C) groups is 1. The molecule has 1 saturated heterocycles. The number of nitrogens with zero attached hydrogens (tertiary/aromatic N) is 2. The molecule has 0 radical (unpaired) electrons. The number of guanidine groups is 1. The summed E-state index contributed by atoms with van der Waals surface area (Å²) in [6.07, 6.45) is 12.1. The average Bonchev–Trinajstić information content (AvgIpc) is 2.79. The van der Waals surface area contributed by atoms with Crippen molar-refractivity contribution in [3.05, 3.63) is 0 Å². The van der Waals surface area contributed by atoms with Crippen LogP contribution in [0, 0.1) is 5.41 Å². The highest BCUT2D eigenvalue weighted by atomic mass is 32.2. The predicted octanol–water partition coefficient (Wildman–Crippen LogP) is 2.06. The van der Waals surface area contributed by atoms with Crippen LogP contribution in [0.1, 0.15) is 51.4 Å². The van der Waals surface area contributed by atoms with Crippen molar-refractivity contribution >= 4 is 15.8 Å². The number of piperidine rings is 1. The Morgan fingerprint density at radius 2 is 1.80 bits per heavy atom. The van der Waals surface area contributed by atoms with Crippen molar-refractivity contribution in [3.63, 3.8) is 0 Å². The van der Waals surface area contributed by atoms with Crippen LogP contribution in [-0.2, 0) is 14.6 Å². The zero-order chi connectivity index (χ0) is 18.2. The first kappa shape index (κ1) is 20.5. The molecule has 1 aliphatic carbocycles. The summed E-state index contributed by atoms with van der Waals surface area (Å²) in [7, 11) is -1.11. The van der Waals surface area contributed by atoms with Gasteiger partial charge in [0.1, 0.15) is 9.84 Å². The SMILES string of the molecule is CN=C(NCCOCCS(C)(=O)=O)N1CCCC2(CCCCCC2)C1. The average molecular weight is 374 g/mol. The molecule has 1 aliphatic heterocycles. The molecule has 1 spiro atoms. The Hall–Kier alpha value is -0.820. The van der Waals surface area contributed by atoms with E-state index in [1.54, 1.807) is 0 Å². The summed E-state index contributed by atoms with van der Waals surface area (Å²) < 4.78 is 27.6. The van der Waals surface area contributed by atoms with E-state index in [1.807, 2.05) is 7.05 Å². The number of nitrogens with one attached hydrogen (secondary N) is 1. The van der Waals surface area contributed by atoms with Gasteiger partial charge in [-0.05, 0) is 31.1 Å². The van der Waals surface area contributed by atoms with Crippen LogP contribution < -0.4 is 5.32 Å². The van der Waals surface area contributed by atoms with E-state index in [2.05, 4.69) is 15.2 Å². The molecule has 7 heteroatoms. The molecule has 6 nitrogen and oxygen atoms in total. The highest BCUT2D eigenvalue weighted by Gasteiger charge is 2.36. The normalized spacial score (nSPS) is 22.0. The molecule has 1 N–H and O–H groups in total. The lowest BCUT2D eigenvalue weighted by atomic mass is 9.74. The molecule has 0 atom stereocenters. The molecule has 1 saturated carbocycles. The van der Waals surface area contributed by atoms with Gasteiger partial charge in [-0.3, -0.25) is 4.99 Å². The maximum atomic E-state index is 11.1. The predicted molar refractivity (Wildman–Crippen MR) is 103 cm³/mol. The molecule has 0 aromatic heterocycles. The van der Waals surface area contributed by atoms with Crippen molar-refractivity contribution < 1.29 is 13.2 Å². The van der Waals surface area contributed by atoms with Gasteiger partial charge < -0.3 is 15.0 Å². The van der Waals surface area contributed by atoms with Crippen molar-refractivity contribution in [1.29, 1.82) is 0 Å². The molecule has 0 amide bonds.